The molecule has 0 aliphatic carbocycles. The van der Waals surface area contributed by atoms with Gasteiger partial charge >= 0.3 is 0 Å². The van der Waals surface area contributed by atoms with Crippen LogP contribution in [-0.2, 0) is 4.79 Å². The van der Waals surface area contributed by atoms with Crippen molar-refractivity contribution in [3.63, 3.8) is 0 Å². The van der Waals surface area contributed by atoms with Crippen molar-refractivity contribution in [1.29, 1.82) is 0 Å². The molecule has 1 unspecified atom stereocenters. The van der Waals surface area contributed by atoms with Gasteiger partial charge in [0.25, 0.3) is 0 Å². The molecule has 1 aromatic heterocycles. The molecular weight excluding hydrogens is 404 g/mol. The van der Waals surface area contributed by atoms with Crippen LogP contribution >= 0.6 is 0 Å². The number of furan rings is 1. The molecule has 0 spiro atoms. The molecule has 8 heteroatoms. The second-order valence-electron chi connectivity index (χ2n) is 8.28. The number of nitrogens with one attached hydrogen (secondary N) is 2. The Balaban J connectivity index is 1.23. The highest BCUT2D eigenvalue weighted by molar-refractivity contribution is 5.86. The van der Waals surface area contributed by atoms with Gasteiger partial charge in [0, 0.05) is 45.5 Å². The molecule has 1 aromatic carbocycles. The number of aliphatic imine (C=N–C) groups is 1. The van der Waals surface area contributed by atoms with Gasteiger partial charge in [-0.05, 0) is 50.2 Å². The van der Waals surface area contributed by atoms with Crippen LogP contribution in [0, 0.1) is 0 Å². The zero-order chi connectivity index (χ0) is 22.2. The summed E-state index contributed by atoms with van der Waals surface area (Å²) in [7, 11) is 1.73. The first-order chi connectivity index (χ1) is 15.7. The molecule has 4 rings (SSSR count). The molecule has 2 aliphatic rings. The van der Waals surface area contributed by atoms with E-state index in [1.54, 1.807) is 13.3 Å². The molecular formula is C24H34N6O2. The van der Waals surface area contributed by atoms with Crippen molar-refractivity contribution in [2.45, 2.75) is 18.9 Å². The summed E-state index contributed by atoms with van der Waals surface area (Å²) in [5.74, 6) is 1.70. The van der Waals surface area contributed by atoms with E-state index in [4.69, 9.17) is 4.42 Å². The Morgan fingerprint density at radius 1 is 1.00 bits per heavy atom. The van der Waals surface area contributed by atoms with Crippen molar-refractivity contribution < 1.29 is 9.21 Å². The number of guanidine groups is 1. The first-order valence-corrected chi connectivity index (χ1v) is 11.5. The van der Waals surface area contributed by atoms with Crippen LogP contribution < -0.4 is 15.5 Å². The van der Waals surface area contributed by atoms with Gasteiger partial charge in [-0.2, -0.15) is 0 Å². The number of nitrogens with zero attached hydrogens (tertiary/aromatic N) is 4. The van der Waals surface area contributed by atoms with E-state index in [2.05, 4.69) is 49.7 Å². The summed E-state index contributed by atoms with van der Waals surface area (Å²) in [5, 5.41) is 6.57. The maximum absolute atomic E-state index is 12.7. The number of likely N-dealkylation sites (tertiary alicyclic amines) is 1. The standard InChI is InChI=1S/C24H34N6O2/c1-25-24(26-18-21(22-10-7-17-32-22)29-11-5-6-12-29)27-19-23(31)30-15-13-28(14-16-30)20-8-3-2-4-9-20/h2-4,7-10,17,21H,5-6,11-16,18-19H2,1H3,(H2,25,26,27). The number of carbonyl (C=O) groups is 1. The number of hydrogen-bond donors (Lipinski definition) is 2. The fourth-order valence-corrected chi connectivity index (χ4v) is 4.48. The molecule has 0 saturated carbocycles. The molecule has 172 valence electrons. The molecule has 2 aliphatic heterocycles. The summed E-state index contributed by atoms with van der Waals surface area (Å²) in [4.78, 5) is 23.7. The first kappa shape index (κ1) is 22.2. The minimum atomic E-state index is 0.0998. The topological polar surface area (TPSA) is 76.4 Å². The SMILES string of the molecule is CN=C(NCC(=O)N1CCN(c2ccccc2)CC1)NCC(c1ccco1)N1CCCC1. The van der Waals surface area contributed by atoms with Gasteiger partial charge in [-0.3, -0.25) is 14.7 Å². The minimum Gasteiger partial charge on any atom is -0.468 e. The maximum atomic E-state index is 12.7. The monoisotopic (exact) mass is 438 g/mol. The molecule has 0 bridgehead atoms. The number of amides is 1. The number of rotatable bonds is 7. The number of piperazine rings is 1. The third-order valence-corrected chi connectivity index (χ3v) is 6.30. The van der Waals surface area contributed by atoms with Crippen molar-refractivity contribution in [2.24, 2.45) is 4.99 Å². The van der Waals surface area contributed by atoms with Crippen LogP contribution in [0.2, 0.25) is 0 Å². The summed E-state index contributed by atoms with van der Waals surface area (Å²) in [5.41, 5.74) is 1.21. The van der Waals surface area contributed by atoms with Gasteiger partial charge in [0.2, 0.25) is 5.91 Å². The molecule has 2 fully saturated rings. The Hall–Kier alpha value is -3.00. The van der Waals surface area contributed by atoms with Crippen molar-refractivity contribution in [3.8, 4) is 0 Å². The predicted octanol–water partition coefficient (Wildman–Crippen LogP) is 1.93. The second kappa shape index (κ2) is 11.0. The Morgan fingerprint density at radius 3 is 2.41 bits per heavy atom. The average Bonchev–Trinajstić information content (AvgIpc) is 3.57. The predicted molar refractivity (Wildman–Crippen MR) is 127 cm³/mol. The van der Waals surface area contributed by atoms with E-state index in [9.17, 15) is 4.79 Å². The first-order valence-electron chi connectivity index (χ1n) is 11.5. The van der Waals surface area contributed by atoms with E-state index in [0.29, 0.717) is 12.5 Å². The highest BCUT2D eigenvalue weighted by Crippen LogP contribution is 2.24. The molecule has 2 saturated heterocycles. The zero-order valence-corrected chi connectivity index (χ0v) is 18.9. The van der Waals surface area contributed by atoms with E-state index in [1.807, 2.05) is 23.1 Å². The lowest BCUT2D eigenvalue weighted by Crippen LogP contribution is -2.52. The maximum Gasteiger partial charge on any atom is 0.242 e. The minimum absolute atomic E-state index is 0.0998. The van der Waals surface area contributed by atoms with Gasteiger partial charge in [-0.15, -0.1) is 0 Å². The summed E-state index contributed by atoms with van der Waals surface area (Å²) in [6.07, 6.45) is 4.16. The van der Waals surface area contributed by atoms with Crippen LogP contribution in [0.3, 0.4) is 0 Å². The number of hydrogen-bond acceptors (Lipinski definition) is 5. The number of benzene rings is 1. The van der Waals surface area contributed by atoms with Crippen LogP contribution in [0.5, 0.6) is 0 Å². The lowest BCUT2D eigenvalue weighted by Gasteiger charge is -2.36. The highest BCUT2D eigenvalue weighted by Gasteiger charge is 2.26. The molecule has 3 heterocycles. The molecule has 1 atom stereocenters. The summed E-state index contributed by atoms with van der Waals surface area (Å²) in [6, 6.07) is 14.5. The smallest absolute Gasteiger partial charge is 0.242 e. The van der Waals surface area contributed by atoms with Crippen molar-refractivity contribution in [1.82, 2.24) is 20.4 Å². The second-order valence-corrected chi connectivity index (χ2v) is 8.28. The van der Waals surface area contributed by atoms with Gasteiger partial charge < -0.3 is 24.9 Å². The fourth-order valence-electron chi connectivity index (χ4n) is 4.48. The van der Waals surface area contributed by atoms with Crippen molar-refractivity contribution in [3.05, 3.63) is 54.5 Å². The van der Waals surface area contributed by atoms with E-state index in [0.717, 1.165) is 45.0 Å². The Bertz CT molecular complexity index is 856. The van der Waals surface area contributed by atoms with E-state index >= 15 is 0 Å². The molecule has 8 nitrogen and oxygen atoms in total. The van der Waals surface area contributed by atoms with E-state index < -0.39 is 0 Å². The van der Waals surface area contributed by atoms with Crippen LogP contribution in [0.4, 0.5) is 5.69 Å². The average molecular weight is 439 g/mol. The fraction of sp³-hybridized carbons (Fsp3) is 0.500. The van der Waals surface area contributed by atoms with Gasteiger partial charge in [0.05, 0.1) is 18.8 Å². The normalized spacial score (nSPS) is 18.6. The Kier molecular flexibility index (Phi) is 7.66. The zero-order valence-electron chi connectivity index (χ0n) is 18.9. The lowest BCUT2D eigenvalue weighted by molar-refractivity contribution is -0.130. The number of para-hydroxylation sites is 1. The van der Waals surface area contributed by atoms with Crippen LogP contribution in [-0.4, -0.2) is 81.1 Å². The highest BCUT2D eigenvalue weighted by atomic mass is 16.3. The lowest BCUT2D eigenvalue weighted by atomic mass is 10.2. The summed E-state index contributed by atoms with van der Waals surface area (Å²) >= 11 is 0. The van der Waals surface area contributed by atoms with Gasteiger partial charge in [-0.1, -0.05) is 18.2 Å². The molecule has 2 N–H and O–H groups in total. The van der Waals surface area contributed by atoms with Gasteiger partial charge in [-0.25, -0.2) is 0 Å². The van der Waals surface area contributed by atoms with Gasteiger partial charge in [0.15, 0.2) is 5.96 Å². The third kappa shape index (κ3) is 5.62. The molecule has 2 aromatic rings. The summed E-state index contributed by atoms with van der Waals surface area (Å²) < 4.78 is 5.69. The Morgan fingerprint density at radius 2 is 1.75 bits per heavy atom. The van der Waals surface area contributed by atoms with Crippen LogP contribution in [0.15, 0.2) is 58.1 Å². The number of anilines is 1. The van der Waals surface area contributed by atoms with Crippen molar-refractivity contribution >= 4 is 17.6 Å². The van der Waals surface area contributed by atoms with E-state index in [-0.39, 0.29) is 18.5 Å². The molecule has 1 amide bonds. The Labute approximate surface area is 190 Å². The van der Waals surface area contributed by atoms with E-state index in [1.165, 1.54) is 18.5 Å². The quantitative estimate of drug-likeness (QED) is 0.508. The number of carbonyl (C=O) groups excluding carboxylic acids is 1. The van der Waals surface area contributed by atoms with Crippen molar-refractivity contribution in [2.75, 3.05) is 64.3 Å². The summed E-state index contributed by atoms with van der Waals surface area (Å²) in [6.45, 7) is 6.23. The van der Waals surface area contributed by atoms with Crippen LogP contribution in [0.1, 0.15) is 24.6 Å². The largest absolute Gasteiger partial charge is 0.468 e. The third-order valence-electron chi connectivity index (χ3n) is 6.30. The van der Waals surface area contributed by atoms with Gasteiger partial charge in [0.1, 0.15) is 5.76 Å². The van der Waals surface area contributed by atoms with Crippen LogP contribution in [0.25, 0.3) is 0 Å². The molecule has 32 heavy (non-hydrogen) atoms. The molecule has 0 radical (unpaired) electrons.